The van der Waals surface area contributed by atoms with Crippen molar-refractivity contribution < 1.29 is 9.90 Å². The minimum Gasteiger partial charge on any atom is -0.397 e. The number of nitrogen functional groups attached to an aromatic ring is 1. The van der Waals surface area contributed by atoms with E-state index >= 15 is 0 Å². The summed E-state index contributed by atoms with van der Waals surface area (Å²) in [7, 11) is 0. The number of hydrogen-bond acceptors (Lipinski definition) is 5. The average molecular weight is 417 g/mol. The maximum atomic E-state index is 12.9. The van der Waals surface area contributed by atoms with Gasteiger partial charge in [0.25, 0.3) is 5.91 Å². The number of nitrogens with one attached hydrogen (secondary N) is 1. The SMILES string of the molecule is CC(O)Cn1c(=O)n(Cc2ccc(C(=O)Nc3ccccc3N)cc2)c2ncccc21. The second-order valence-electron chi connectivity index (χ2n) is 7.41. The van der Waals surface area contributed by atoms with E-state index in [2.05, 4.69) is 10.3 Å². The van der Waals surface area contributed by atoms with Gasteiger partial charge in [0.15, 0.2) is 5.65 Å². The fraction of sp³-hybridized carbons (Fsp3) is 0.174. The zero-order valence-corrected chi connectivity index (χ0v) is 17.0. The number of para-hydroxylation sites is 2. The van der Waals surface area contributed by atoms with E-state index in [1.807, 2.05) is 6.07 Å². The van der Waals surface area contributed by atoms with Crippen LogP contribution in [0.15, 0.2) is 71.7 Å². The lowest BCUT2D eigenvalue weighted by atomic mass is 10.1. The Morgan fingerprint density at radius 1 is 1.10 bits per heavy atom. The van der Waals surface area contributed by atoms with Crippen LogP contribution in [-0.4, -0.2) is 31.2 Å². The molecule has 1 amide bonds. The summed E-state index contributed by atoms with van der Waals surface area (Å²) < 4.78 is 3.09. The lowest BCUT2D eigenvalue weighted by Gasteiger charge is -2.09. The van der Waals surface area contributed by atoms with Gasteiger partial charge < -0.3 is 16.2 Å². The number of carbonyl (C=O) groups excluding carboxylic acids is 1. The number of nitrogens with zero attached hydrogens (tertiary/aromatic N) is 3. The first-order valence-electron chi connectivity index (χ1n) is 9.91. The number of rotatable bonds is 6. The topological polar surface area (TPSA) is 115 Å². The van der Waals surface area contributed by atoms with E-state index in [1.165, 1.54) is 4.57 Å². The number of nitrogens with two attached hydrogens (primary N) is 1. The predicted octanol–water partition coefficient (Wildman–Crippen LogP) is 2.46. The van der Waals surface area contributed by atoms with Crippen LogP contribution in [0.2, 0.25) is 0 Å². The highest BCUT2D eigenvalue weighted by atomic mass is 16.3. The summed E-state index contributed by atoms with van der Waals surface area (Å²) in [4.78, 5) is 29.8. The number of pyridine rings is 1. The molecule has 0 aliphatic rings. The third-order valence-corrected chi connectivity index (χ3v) is 4.99. The molecule has 0 spiro atoms. The lowest BCUT2D eigenvalue weighted by Crippen LogP contribution is -2.28. The largest absolute Gasteiger partial charge is 0.397 e. The molecule has 2 heterocycles. The van der Waals surface area contributed by atoms with Crippen molar-refractivity contribution in [3.05, 3.63) is 88.5 Å². The molecule has 0 aliphatic carbocycles. The van der Waals surface area contributed by atoms with Gasteiger partial charge in [-0.15, -0.1) is 0 Å². The smallest absolute Gasteiger partial charge is 0.330 e. The van der Waals surface area contributed by atoms with E-state index in [0.717, 1.165) is 5.56 Å². The number of aromatic nitrogens is 3. The summed E-state index contributed by atoms with van der Waals surface area (Å²) in [6.45, 7) is 2.13. The minimum absolute atomic E-state index is 0.190. The summed E-state index contributed by atoms with van der Waals surface area (Å²) in [5.41, 5.74) is 9.24. The molecule has 0 saturated carbocycles. The molecule has 4 aromatic rings. The van der Waals surface area contributed by atoms with E-state index in [9.17, 15) is 14.7 Å². The normalized spacial score (nSPS) is 12.1. The Bertz CT molecular complexity index is 1290. The first-order chi connectivity index (χ1) is 14.9. The maximum Gasteiger partial charge on any atom is 0.330 e. The van der Waals surface area contributed by atoms with Crippen molar-refractivity contribution in [2.24, 2.45) is 0 Å². The predicted molar refractivity (Wildman–Crippen MR) is 120 cm³/mol. The molecular weight excluding hydrogens is 394 g/mol. The summed E-state index contributed by atoms with van der Waals surface area (Å²) in [6, 6.07) is 17.6. The molecule has 0 aliphatic heterocycles. The number of benzene rings is 2. The summed E-state index contributed by atoms with van der Waals surface area (Å²) >= 11 is 0. The number of amides is 1. The molecule has 1 unspecified atom stereocenters. The third kappa shape index (κ3) is 4.19. The van der Waals surface area contributed by atoms with Gasteiger partial charge in [-0.05, 0) is 48.9 Å². The van der Waals surface area contributed by atoms with Crippen molar-refractivity contribution in [3.63, 3.8) is 0 Å². The number of carbonyl (C=O) groups is 1. The highest BCUT2D eigenvalue weighted by Gasteiger charge is 2.16. The molecule has 4 rings (SSSR count). The molecule has 0 radical (unpaired) electrons. The fourth-order valence-electron chi connectivity index (χ4n) is 3.48. The van der Waals surface area contributed by atoms with Crippen LogP contribution < -0.4 is 16.7 Å². The number of fused-ring (bicyclic) bond motifs is 1. The van der Waals surface area contributed by atoms with Crippen molar-refractivity contribution in [2.75, 3.05) is 11.1 Å². The number of imidazole rings is 1. The van der Waals surface area contributed by atoms with Gasteiger partial charge in [-0.25, -0.2) is 9.78 Å². The number of hydrogen-bond donors (Lipinski definition) is 3. The van der Waals surface area contributed by atoms with E-state index in [0.29, 0.717) is 34.6 Å². The summed E-state index contributed by atoms with van der Waals surface area (Å²) in [5, 5.41) is 12.6. The standard InChI is InChI=1S/C23H23N5O3/c1-15(29)13-27-20-7-4-12-25-21(20)28(23(27)31)14-16-8-10-17(11-9-16)22(30)26-19-6-3-2-5-18(19)24/h2-12,15,29H,13-14,24H2,1H3,(H,26,30). The van der Waals surface area contributed by atoms with Crippen LogP contribution in [0, 0.1) is 0 Å². The third-order valence-electron chi connectivity index (χ3n) is 4.99. The molecule has 4 N–H and O–H groups in total. The molecule has 8 heteroatoms. The van der Waals surface area contributed by atoms with E-state index in [1.54, 1.807) is 72.3 Å². The fourth-order valence-corrected chi connectivity index (χ4v) is 3.48. The Balaban J connectivity index is 1.58. The van der Waals surface area contributed by atoms with Gasteiger partial charge in [-0.1, -0.05) is 24.3 Å². The van der Waals surface area contributed by atoms with Gasteiger partial charge in [-0.2, -0.15) is 0 Å². The van der Waals surface area contributed by atoms with Crippen LogP contribution in [0.5, 0.6) is 0 Å². The van der Waals surface area contributed by atoms with Crippen molar-refractivity contribution >= 4 is 28.4 Å². The minimum atomic E-state index is -0.659. The van der Waals surface area contributed by atoms with E-state index in [4.69, 9.17) is 5.73 Å². The quantitative estimate of drug-likeness (QED) is 0.417. The highest BCUT2D eigenvalue weighted by Crippen LogP contribution is 2.18. The molecule has 2 aromatic carbocycles. The monoisotopic (exact) mass is 417 g/mol. The van der Waals surface area contributed by atoms with Gasteiger partial charge in [0.05, 0.1) is 36.1 Å². The maximum absolute atomic E-state index is 12.9. The lowest BCUT2D eigenvalue weighted by molar-refractivity contribution is 0.102. The Labute approximate surface area is 178 Å². The van der Waals surface area contributed by atoms with Crippen molar-refractivity contribution in [2.45, 2.75) is 26.1 Å². The Hall–Kier alpha value is -3.91. The molecule has 8 nitrogen and oxygen atoms in total. The van der Waals surface area contributed by atoms with Gasteiger partial charge in [-0.3, -0.25) is 13.9 Å². The first kappa shape index (κ1) is 20.4. The molecule has 1 atom stereocenters. The summed E-state index contributed by atoms with van der Waals surface area (Å²) in [6.07, 6.45) is 0.974. The highest BCUT2D eigenvalue weighted by molar-refractivity contribution is 6.05. The molecule has 0 bridgehead atoms. The second-order valence-corrected chi connectivity index (χ2v) is 7.41. The summed E-state index contributed by atoms with van der Waals surface area (Å²) in [5.74, 6) is -0.267. The van der Waals surface area contributed by atoms with Crippen LogP contribution in [0.1, 0.15) is 22.8 Å². The average Bonchev–Trinajstić information content (AvgIpc) is 3.01. The van der Waals surface area contributed by atoms with Gasteiger partial charge >= 0.3 is 5.69 Å². The van der Waals surface area contributed by atoms with Gasteiger partial charge in [0.1, 0.15) is 0 Å². The molecule has 0 fully saturated rings. The van der Waals surface area contributed by atoms with Gasteiger partial charge in [0.2, 0.25) is 0 Å². The van der Waals surface area contributed by atoms with Crippen molar-refractivity contribution in [1.82, 2.24) is 14.1 Å². The van der Waals surface area contributed by atoms with Crippen molar-refractivity contribution in [1.29, 1.82) is 0 Å². The molecule has 31 heavy (non-hydrogen) atoms. The zero-order chi connectivity index (χ0) is 22.0. The van der Waals surface area contributed by atoms with Crippen LogP contribution in [0.4, 0.5) is 11.4 Å². The van der Waals surface area contributed by atoms with Crippen molar-refractivity contribution in [3.8, 4) is 0 Å². The van der Waals surface area contributed by atoms with Crippen LogP contribution >= 0.6 is 0 Å². The van der Waals surface area contributed by atoms with Crippen LogP contribution in [0.3, 0.4) is 0 Å². The number of aliphatic hydroxyl groups is 1. The molecule has 158 valence electrons. The van der Waals surface area contributed by atoms with Crippen LogP contribution in [-0.2, 0) is 13.1 Å². The van der Waals surface area contributed by atoms with Crippen LogP contribution in [0.25, 0.3) is 11.2 Å². The molecule has 2 aromatic heterocycles. The molecular formula is C23H23N5O3. The van der Waals surface area contributed by atoms with E-state index in [-0.39, 0.29) is 18.1 Å². The number of aliphatic hydroxyl groups excluding tert-OH is 1. The number of anilines is 2. The zero-order valence-electron chi connectivity index (χ0n) is 17.0. The first-order valence-corrected chi connectivity index (χ1v) is 9.91. The second kappa shape index (κ2) is 8.45. The Morgan fingerprint density at radius 2 is 1.84 bits per heavy atom. The Kier molecular flexibility index (Phi) is 5.55. The molecule has 0 saturated heterocycles. The van der Waals surface area contributed by atoms with Gasteiger partial charge in [0, 0.05) is 11.8 Å². The van der Waals surface area contributed by atoms with E-state index < -0.39 is 6.10 Å². The Morgan fingerprint density at radius 3 is 2.55 bits per heavy atom.